The Balaban J connectivity index is 1.94. The summed E-state index contributed by atoms with van der Waals surface area (Å²) in [5.41, 5.74) is 7.98. The van der Waals surface area contributed by atoms with Gasteiger partial charge in [-0.2, -0.15) is 4.98 Å². The zero-order chi connectivity index (χ0) is 13.4. The van der Waals surface area contributed by atoms with E-state index < -0.39 is 5.82 Å². The molecule has 1 aromatic heterocycles. The molecular weight excluding hydrogens is 269 g/mol. The summed E-state index contributed by atoms with van der Waals surface area (Å²) in [5, 5.41) is 2.93. The van der Waals surface area contributed by atoms with Crippen LogP contribution in [0.25, 0.3) is 11.1 Å². The lowest BCUT2D eigenvalue weighted by molar-refractivity contribution is 0.620. The highest BCUT2D eigenvalue weighted by molar-refractivity contribution is 6.30. The summed E-state index contributed by atoms with van der Waals surface area (Å²) in [4.78, 5) is 4.21. The topological polar surface area (TPSA) is 64.1 Å². The first kappa shape index (κ1) is 11.8. The van der Waals surface area contributed by atoms with Crippen LogP contribution >= 0.6 is 11.6 Å². The predicted molar refractivity (Wildman–Crippen MR) is 73.1 cm³/mol. The van der Waals surface area contributed by atoms with E-state index in [0.29, 0.717) is 22.5 Å². The van der Waals surface area contributed by atoms with Crippen LogP contribution in [0.15, 0.2) is 40.8 Å². The molecule has 0 atom stereocenters. The Morgan fingerprint density at radius 1 is 1.21 bits per heavy atom. The number of nitrogen functional groups attached to an aromatic ring is 1. The maximum atomic E-state index is 13.3. The van der Waals surface area contributed by atoms with Gasteiger partial charge in [0.2, 0.25) is 0 Å². The third-order valence-corrected chi connectivity index (χ3v) is 2.89. The predicted octanol–water partition coefficient (Wildman–Crippen LogP) is 3.95. The SMILES string of the molecule is Nc1ccc2nc(Nc3ccc(Cl)c(F)c3)oc2c1. The Morgan fingerprint density at radius 2 is 2.05 bits per heavy atom. The molecule has 1 heterocycles. The van der Waals surface area contributed by atoms with Gasteiger partial charge in [0.15, 0.2) is 5.58 Å². The van der Waals surface area contributed by atoms with Crippen LogP contribution in [0.4, 0.5) is 21.8 Å². The van der Waals surface area contributed by atoms with Crippen LogP contribution in [0, 0.1) is 5.82 Å². The average Bonchev–Trinajstić information content (AvgIpc) is 2.75. The van der Waals surface area contributed by atoms with Gasteiger partial charge < -0.3 is 15.5 Å². The molecular formula is C13H9ClFN3O. The molecule has 3 aromatic rings. The van der Waals surface area contributed by atoms with Crippen molar-refractivity contribution in [3.63, 3.8) is 0 Å². The van der Waals surface area contributed by atoms with Crippen LogP contribution in [0.5, 0.6) is 0 Å². The highest BCUT2D eigenvalue weighted by atomic mass is 35.5. The molecule has 0 amide bonds. The standard InChI is InChI=1S/C13H9ClFN3O/c14-9-3-2-8(6-10(9)15)17-13-18-11-4-1-7(16)5-12(11)19-13/h1-6H,16H2,(H,17,18). The van der Waals surface area contributed by atoms with Crippen molar-refractivity contribution in [1.82, 2.24) is 4.98 Å². The number of anilines is 3. The molecule has 0 spiro atoms. The van der Waals surface area contributed by atoms with E-state index in [9.17, 15) is 4.39 Å². The second kappa shape index (κ2) is 4.44. The zero-order valence-corrected chi connectivity index (χ0v) is 10.4. The lowest BCUT2D eigenvalue weighted by Gasteiger charge is -2.01. The van der Waals surface area contributed by atoms with Crippen molar-refractivity contribution >= 4 is 40.1 Å². The molecule has 0 aliphatic heterocycles. The second-order valence-electron chi connectivity index (χ2n) is 4.00. The third-order valence-electron chi connectivity index (χ3n) is 2.58. The van der Waals surface area contributed by atoms with Gasteiger partial charge in [0.1, 0.15) is 11.3 Å². The monoisotopic (exact) mass is 277 g/mol. The number of benzene rings is 2. The number of oxazole rings is 1. The number of aromatic nitrogens is 1. The van der Waals surface area contributed by atoms with E-state index in [1.807, 2.05) is 0 Å². The number of halogens is 2. The fourth-order valence-electron chi connectivity index (χ4n) is 1.69. The molecule has 96 valence electrons. The lowest BCUT2D eigenvalue weighted by Crippen LogP contribution is -1.91. The van der Waals surface area contributed by atoms with E-state index >= 15 is 0 Å². The molecule has 19 heavy (non-hydrogen) atoms. The number of nitrogens with two attached hydrogens (primary N) is 1. The van der Waals surface area contributed by atoms with Gasteiger partial charge >= 0.3 is 0 Å². The average molecular weight is 278 g/mol. The van der Waals surface area contributed by atoms with E-state index in [1.165, 1.54) is 12.1 Å². The molecule has 0 bridgehead atoms. The van der Waals surface area contributed by atoms with E-state index in [1.54, 1.807) is 24.3 Å². The summed E-state index contributed by atoms with van der Waals surface area (Å²) in [5.74, 6) is -0.507. The summed E-state index contributed by atoms with van der Waals surface area (Å²) < 4.78 is 18.8. The third kappa shape index (κ3) is 2.32. The smallest absolute Gasteiger partial charge is 0.300 e. The van der Waals surface area contributed by atoms with Crippen molar-refractivity contribution in [3.8, 4) is 0 Å². The van der Waals surface area contributed by atoms with Crippen molar-refractivity contribution < 1.29 is 8.81 Å². The Hall–Kier alpha value is -2.27. The summed E-state index contributed by atoms with van der Waals surface area (Å²) in [6, 6.07) is 9.79. The minimum absolute atomic E-state index is 0.0656. The quantitative estimate of drug-likeness (QED) is 0.696. The van der Waals surface area contributed by atoms with Gasteiger partial charge in [0.25, 0.3) is 6.01 Å². The molecule has 0 saturated heterocycles. The molecule has 0 radical (unpaired) electrons. The van der Waals surface area contributed by atoms with Crippen LogP contribution < -0.4 is 11.1 Å². The molecule has 0 unspecified atom stereocenters. The minimum Gasteiger partial charge on any atom is -0.423 e. The van der Waals surface area contributed by atoms with Gasteiger partial charge in [0.05, 0.1) is 5.02 Å². The van der Waals surface area contributed by atoms with E-state index in [2.05, 4.69) is 10.3 Å². The Morgan fingerprint density at radius 3 is 2.84 bits per heavy atom. The largest absolute Gasteiger partial charge is 0.423 e. The van der Waals surface area contributed by atoms with Gasteiger partial charge in [-0.15, -0.1) is 0 Å². The van der Waals surface area contributed by atoms with Crippen molar-refractivity contribution in [2.75, 3.05) is 11.1 Å². The van der Waals surface area contributed by atoms with Crippen molar-refractivity contribution in [1.29, 1.82) is 0 Å². The van der Waals surface area contributed by atoms with Crippen LogP contribution in [-0.4, -0.2) is 4.98 Å². The second-order valence-corrected chi connectivity index (χ2v) is 4.41. The number of nitrogens with zero attached hydrogens (tertiary/aromatic N) is 1. The first-order valence-electron chi connectivity index (χ1n) is 5.50. The summed E-state index contributed by atoms with van der Waals surface area (Å²) in [6.07, 6.45) is 0. The number of fused-ring (bicyclic) bond motifs is 1. The summed E-state index contributed by atoms with van der Waals surface area (Å²) >= 11 is 5.61. The van der Waals surface area contributed by atoms with Crippen molar-refractivity contribution in [2.24, 2.45) is 0 Å². The highest BCUT2D eigenvalue weighted by Crippen LogP contribution is 2.25. The Labute approximate surface area is 113 Å². The fraction of sp³-hybridized carbons (Fsp3) is 0. The van der Waals surface area contributed by atoms with Crippen molar-refractivity contribution in [3.05, 3.63) is 47.2 Å². The van der Waals surface area contributed by atoms with Crippen LogP contribution in [-0.2, 0) is 0 Å². The maximum Gasteiger partial charge on any atom is 0.300 e. The summed E-state index contributed by atoms with van der Waals surface area (Å²) in [7, 11) is 0. The highest BCUT2D eigenvalue weighted by Gasteiger charge is 2.07. The van der Waals surface area contributed by atoms with Crippen LogP contribution in [0.2, 0.25) is 5.02 Å². The molecule has 4 nitrogen and oxygen atoms in total. The van der Waals surface area contributed by atoms with Gasteiger partial charge in [-0.25, -0.2) is 4.39 Å². The van der Waals surface area contributed by atoms with E-state index in [0.717, 1.165) is 0 Å². The zero-order valence-electron chi connectivity index (χ0n) is 9.65. The Bertz CT molecular complexity index is 757. The van der Waals surface area contributed by atoms with Gasteiger partial charge in [-0.3, -0.25) is 0 Å². The molecule has 3 N–H and O–H groups in total. The molecule has 6 heteroatoms. The number of hydrogen-bond donors (Lipinski definition) is 2. The minimum atomic E-state index is -0.507. The van der Waals surface area contributed by atoms with E-state index in [-0.39, 0.29) is 11.0 Å². The van der Waals surface area contributed by atoms with Gasteiger partial charge in [-0.1, -0.05) is 11.6 Å². The van der Waals surface area contributed by atoms with E-state index in [4.69, 9.17) is 21.8 Å². The Kier molecular flexibility index (Phi) is 2.76. The van der Waals surface area contributed by atoms with Crippen LogP contribution in [0.1, 0.15) is 0 Å². The maximum absolute atomic E-state index is 13.3. The molecule has 0 aliphatic rings. The number of nitrogens with one attached hydrogen (secondary N) is 1. The number of rotatable bonds is 2. The molecule has 0 saturated carbocycles. The fourth-order valence-corrected chi connectivity index (χ4v) is 1.81. The summed E-state index contributed by atoms with van der Waals surface area (Å²) in [6.45, 7) is 0. The van der Waals surface area contributed by atoms with Gasteiger partial charge in [0, 0.05) is 17.4 Å². The van der Waals surface area contributed by atoms with Crippen molar-refractivity contribution in [2.45, 2.75) is 0 Å². The van der Waals surface area contributed by atoms with Gasteiger partial charge in [-0.05, 0) is 30.3 Å². The normalized spacial score (nSPS) is 10.8. The number of hydrogen-bond acceptors (Lipinski definition) is 4. The molecule has 2 aromatic carbocycles. The first-order chi connectivity index (χ1) is 9.11. The lowest BCUT2D eigenvalue weighted by atomic mass is 10.3. The van der Waals surface area contributed by atoms with Crippen LogP contribution in [0.3, 0.4) is 0 Å². The molecule has 3 rings (SSSR count). The molecule has 0 aliphatic carbocycles. The molecule has 0 fully saturated rings. The first-order valence-corrected chi connectivity index (χ1v) is 5.88.